The summed E-state index contributed by atoms with van der Waals surface area (Å²) >= 11 is 1.58. The maximum atomic E-state index is 14.3. The molecule has 9 heteroatoms. The molecule has 1 fully saturated rings. The van der Waals surface area contributed by atoms with Gasteiger partial charge in [0.25, 0.3) is 0 Å². The first-order valence-electron chi connectivity index (χ1n) is 19.4. The molecule has 0 saturated carbocycles. The van der Waals surface area contributed by atoms with E-state index in [0.717, 1.165) is 84.6 Å². The zero-order valence-corrected chi connectivity index (χ0v) is 31.1. The fraction of sp³-hybridized carbons (Fsp3) is 0.610. The number of carbonyl (C=O) groups is 2. The van der Waals surface area contributed by atoms with Gasteiger partial charge >= 0.3 is 6.16 Å². The molecule has 0 aliphatic carbocycles. The Bertz CT molecular complexity index is 1490. The zero-order valence-electron chi connectivity index (χ0n) is 30.3. The third-order valence-corrected chi connectivity index (χ3v) is 11.2. The smallest absolute Gasteiger partial charge is 0.434 e. The number of anilines is 2. The second-order valence-electron chi connectivity index (χ2n) is 14.1. The standard InChI is InChI=1S/C41H58FN3O4S/c1-2-3-4-5-6-7-8-9-10-11-12-13-14-15-27-48-41(47)49-32-45-37-29-33(16-17-34(37)18-19-40(45)46)20-22-43-23-25-44(26-24-43)38-30-35(42)31-39-36(38)21-28-50-39/h16-17,21,28-31H,2-15,18-20,22-27,32H2,1H3. The minimum atomic E-state index is -0.715. The van der Waals surface area contributed by atoms with E-state index in [2.05, 4.69) is 41.0 Å². The Morgan fingerprint density at radius 2 is 1.46 bits per heavy atom. The van der Waals surface area contributed by atoms with Gasteiger partial charge in [-0.2, -0.15) is 0 Å². The Kier molecular flexibility index (Phi) is 15.7. The average molecular weight is 708 g/mol. The molecular formula is C41H58FN3O4S. The summed E-state index contributed by atoms with van der Waals surface area (Å²) in [5.74, 6) is -0.220. The maximum Gasteiger partial charge on any atom is 0.510 e. The molecule has 0 bridgehead atoms. The number of rotatable bonds is 21. The zero-order chi connectivity index (χ0) is 35.0. The van der Waals surface area contributed by atoms with Gasteiger partial charge in [-0.1, -0.05) is 103 Å². The van der Waals surface area contributed by atoms with E-state index in [1.807, 2.05) is 5.38 Å². The van der Waals surface area contributed by atoms with Crippen molar-refractivity contribution in [3.63, 3.8) is 0 Å². The van der Waals surface area contributed by atoms with Crippen LogP contribution in [-0.2, 0) is 27.1 Å². The molecule has 1 amide bonds. The summed E-state index contributed by atoms with van der Waals surface area (Å²) in [4.78, 5) is 31.6. The van der Waals surface area contributed by atoms with Crippen LogP contribution in [0, 0.1) is 5.82 Å². The number of halogens is 1. The van der Waals surface area contributed by atoms with Crippen LogP contribution in [0.15, 0.2) is 41.8 Å². The number of amides is 1. The number of nitrogens with zero attached hydrogens (tertiary/aromatic N) is 3. The van der Waals surface area contributed by atoms with Gasteiger partial charge in [0.15, 0.2) is 6.73 Å². The van der Waals surface area contributed by atoms with Crippen molar-refractivity contribution in [2.75, 3.05) is 55.9 Å². The molecule has 0 atom stereocenters. The van der Waals surface area contributed by atoms with Gasteiger partial charge in [0.1, 0.15) is 5.82 Å². The number of benzene rings is 2. The van der Waals surface area contributed by atoms with Crippen LogP contribution in [-0.4, -0.2) is 63.0 Å². The molecule has 5 rings (SSSR count). The lowest BCUT2D eigenvalue weighted by Crippen LogP contribution is -2.47. The summed E-state index contributed by atoms with van der Waals surface area (Å²) < 4.78 is 26.0. The van der Waals surface area contributed by atoms with Crippen LogP contribution in [0.3, 0.4) is 0 Å². The highest BCUT2D eigenvalue weighted by Gasteiger charge is 2.26. The van der Waals surface area contributed by atoms with Crippen LogP contribution < -0.4 is 9.80 Å². The van der Waals surface area contributed by atoms with Gasteiger partial charge in [0.05, 0.1) is 12.3 Å². The van der Waals surface area contributed by atoms with E-state index in [4.69, 9.17) is 9.47 Å². The number of aryl methyl sites for hydroxylation is 1. The van der Waals surface area contributed by atoms with E-state index in [-0.39, 0.29) is 18.5 Å². The van der Waals surface area contributed by atoms with Crippen molar-refractivity contribution in [1.82, 2.24) is 4.90 Å². The Balaban J connectivity index is 0.958. The molecule has 3 heterocycles. The summed E-state index contributed by atoms with van der Waals surface area (Å²) in [7, 11) is 0. The number of carbonyl (C=O) groups excluding carboxylic acids is 2. The topological polar surface area (TPSA) is 62.3 Å². The SMILES string of the molecule is CCCCCCCCCCCCCCCCOC(=O)OCN1C(=O)CCc2ccc(CCN3CCN(c4cc(F)cc5sccc45)CC3)cc21. The molecule has 1 saturated heterocycles. The molecule has 0 spiro atoms. The molecule has 7 nitrogen and oxygen atoms in total. The maximum absolute atomic E-state index is 14.3. The van der Waals surface area contributed by atoms with Gasteiger partial charge in [0.2, 0.25) is 5.91 Å². The second-order valence-corrected chi connectivity index (χ2v) is 15.0. The van der Waals surface area contributed by atoms with Crippen molar-refractivity contribution in [1.29, 1.82) is 0 Å². The molecule has 0 unspecified atom stereocenters. The molecule has 2 aliphatic heterocycles. The number of unbranched alkanes of at least 4 members (excludes halogenated alkanes) is 13. The van der Waals surface area contributed by atoms with Gasteiger partial charge in [-0.15, -0.1) is 11.3 Å². The third-order valence-electron chi connectivity index (χ3n) is 10.3. The lowest BCUT2D eigenvalue weighted by molar-refractivity contribution is -0.119. The summed E-state index contributed by atoms with van der Waals surface area (Å²) in [6.07, 6.45) is 19.1. The summed E-state index contributed by atoms with van der Waals surface area (Å²) in [5.41, 5.74) is 4.06. The van der Waals surface area contributed by atoms with Gasteiger partial charge in [0, 0.05) is 54.9 Å². The van der Waals surface area contributed by atoms with Crippen molar-refractivity contribution < 1.29 is 23.5 Å². The van der Waals surface area contributed by atoms with Gasteiger partial charge in [-0.05, 0) is 60.0 Å². The number of thiophene rings is 1. The Morgan fingerprint density at radius 1 is 0.780 bits per heavy atom. The van der Waals surface area contributed by atoms with E-state index in [1.54, 1.807) is 28.4 Å². The fourth-order valence-corrected chi connectivity index (χ4v) is 8.10. The number of piperazine rings is 1. The molecule has 0 radical (unpaired) electrons. The quantitative estimate of drug-likeness (QED) is 0.0811. The van der Waals surface area contributed by atoms with Crippen LogP contribution >= 0.6 is 11.3 Å². The van der Waals surface area contributed by atoms with Crippen LogP contribution in [0.5, 0.6) is 0 Å². The van der Waals surface area contributed by atoms with Gasteiger partial charge in [-0.25, -0.2) is 9.18 Å². The average Bonchev–Trinajstić information content (AvgIpc) is 3.60. The predicted octanol–water partition coefficient (Wildman–Crippen LogP) is 10.3. The Morgan fingerprint density at radius 3 is 2.16 bits per heavy atom. The summed E-state index contributed by atoms with van der Waals surface area (Å²) in [6, 6.07) is 11.7. The number of hydrogen-bond acceptors (Lipinski definition) is 7. The predicted molar refractivity (Wildman–Crippen MR) is 204 cm³/mol. The van der Waals surface area contributed by atoms with Gasteiger partial charge < -0.3 is 14.4 Å². The Labute approximate surface area is 303 Å². The summed E-state index contributed by atoms with van der Waals surface area (Å²) in [5, 5.41) is 3.15. The first kappa shape index (κ1) is 38.1. The van der Waals surface area contributed by atoms with E-state index < -0.39 is 6.16 Å². The lowest BCUT2D eigenvalue weighted by atomic mass is 9.98. The van der Waals surface area contributed by atoms with Crippen LogP contribution in [0.25, 0.3) is 10.1 Å². The monoisotopic (exact) mass is 707 g/mol. The third kappa shape index (κ3) is 11.7. The molecule has 1 aromatic heterocycles. The highest BCUT2D eigenvalue weighted by molar-refractivity contribution is 7.17. The molecule has 2 aromatic carbocycles. The van der Waals surface area contributed by atoms with Gasteiger partial charge in [-0.3, -0.25) is 14.6 Å². The number of ether oxygens (including phenoxy) is 2. The van der Waals surface area contributed by atoms with Crippen LogP contribution in [0.4, 0.5) is 20.6 Å². The van der Waals surface area contributed by atoms with E-state index in [1.165, 1.54) is 77.0 Å². The molecule has 3 aromatic rings. The second kappa shape index (κ2) is 20.6. The molecular weight excluding hydrogens is 650 g/mol. The fourth-order valence-electron chi connectivity index (χ4n) is 7.27. The van der Waals surface area contributed by atoms with E-state index in [9.17, 15) is 14.0 Å². The highest BCUT2D eigenvalue weighted by Crippen LogP contribution is 2.33. The van der Waals surface area contributed by atoms with Crippen molar-refractivity contribution in [3.8, 4) is 0 Å². The van der Waals surface area contributed by atoms with Crippen molar-refractivity contribution in [3.05, 3.63) is 58.7 Å². The van der Waals surface area contributed by atoms with Crippen molar-refractivity contribution in [2.45, 2.75) is 116 Å². The van der Waals surface area contributed by atoms with Crippen molar-refractivity contribution in [2.24, 2.45) is 0 Å². The number of hydrogen-bond donors (Lipinski definition) is 0. The van der Waals surface area contributed by atoms with E-state index >= 15 is 0 Å². The molecule has 50 heavy (non-hydrogen) atoms. The van der Waals surface area contributed by atoms with Crippen LogP contribution in [0.2, 0.25) is 0 Å². The Hall–Kier alpha value is -3.17. The minimum Gasteiger partial charge on any atom is -0.434 e. The molecule has 0 N–H and O–H groups in total. The van der Waals surface area contributed by atoms with Crippen LogP contribution in [0.1, 0.15) is 114 Å². The largest absolute Gasteiger partial charge is 0.510 e. The first-order valence-corrected chi connectivity index (χ1v) is 20.3. The van der Waals surface area contributed by atoms with E-state index in [0.29, 0.717) is 19.4 Å². The summed E-state index contributed by atoms with van der Waals surface area (Å²) in [6.45, 7) is 6.91. The normalized spacial score (nSPS) is 15.1. The minimum absolute atomic E-state index is 0.0392. The molecule has 274 valence electrons. The highest BCUT2D eigenvalue weighted by atomic mass is 32.1. The first-order chi connectivity index (χ1) is 24.5. The lowest BCUT2D eigenvalue weighted by Gasteiger charge is -2.36. The molecule has 2 aliphatic rings. The van der Waals surface area contributed by atoms with Crippen molar-refractivity contribution >= 4 is 44.9 Å². The number of fused-ring (bicyclic) bond motifs is 2.